The minimum atomic E-state index is 0.858. The first-order valence-corrected chi connectivity index (χ1v) is 6.08. The van der Waals surface area contributed by atoms with Gasteiger partial charge < -0.3 is 5.32 Å². The van der Waals surface area contributed by atoms with Gasteiger partial charge in [0.15, 0.2) is 0 Å². The largest absolute Gasteiger partial charge is 0.314 e. The van der Waals surface area contributed by atoms with Crippen molar-refractivity contribution in [2.75, 3.05) is 6.54 Å². The molecule has 0 aromatic carbocycles. The summed E-state index contributed by atoms with van der Waals surface area (Å²) in [4.78, 5) is 0. The number of hydrogen-bond acceptors (Lipinski definition) is 1. The summed E-state index contributed by atoms with van der Waals surface area (Å²) in [6.07, 6.45) is 10.3. The monoisotopic (exact) mass is 181 g/mol. The Bertz CT molecular complexity index is 143. The van der Waals surface area contributed by atoms with E-state index in [0.29, 0.717) is 0 Å². The molecule has 1 aliphatic heterocycles. The van der Waals surface area contributed by atoms with Crippen molar-refractivity contribution in [2.24, 2.45) is 11.8 Å². The number of piperidine rings is 1. The minimum absolute atomic E-state index is 0.858. The summed E-state index contributed by atoms with van der Waals surface area (Å²) in [7, 11) is 0. The van der Waals surface area contributed by atoms with Crippen molar-refractivity contribution >= 4 is 0 Å². The molecule has 2 fully saturated rings. The van der Waals surface area contributed by atoms with Gasteiger partial charge in [0, 0.05) is 6.04 Å². The highest BCUT2D eigenvalue weighted by atomic mass is 14.9. The molecule has 1 aliphatic carbocycles. The van der Waals surface area contributed by atoms with Crippen LogP contribution in [0.2, 0.25) is 0 Å². The fraction of sp³-hybridized carbons (Fsp3) is 1.00. The first-order valence-electron chi connectivity index (χ1n) is 6.08. The Labute approximate surface area is 82.3 Å². The lowest BCUT2D eigenvalue weighted by molar-refractivity contribution is 0.249. The number of rotatable bonds is 3. The highest BCUT2D eigenvalue weighted by molar-refractivity contribution is 4.78. The zero-order valence-electron chi connectivity index (χ0n) is 8.89. The van der Waals surface area contributed by atoms with E-state index < -0.39 is 0 Å². The smallest absolute Gasteiger partial charge is 0.00673 e. The third-order valence-electron chi connectivity index (χ3n) is 3.91. The molecule has 2 atom stereocenters. The molecule has 1 nitrogen and oxygen atoms in total. The lowest BCUT2D eigenvalue weighted by Gasteiger charge is -2.31. The van der Waals surface area contributed by atoms with Crippen LogP contribution in [0.15, 0.2) is 0 Å². The SMILES string of the molecule is CC1CCC(CCC2CCC2)NC1. The molecule has 2 aliphatic rings. The van der Waals surface area contributed by atoms with Crippen molar-refractivity contribution in [2.45, 2.75) is 57.9 Å². The molecule has 1 N–H and O–H groups in total. The fourth-order valence-electron chi connectivity index (χ4n) is 2.52. The molecule has 76 valence electrons. The van der Waals surface area contributed by atoms with Gasteiger partial charge >= 0.3 is 0 Å². The summed E-state index contributed by atoms with van der Waals surface area (Å²) in [5.41, 5.74) is 0. The summed E-state index contributed by atoms with van der Waals surface area (Å²) < 4.78 is 0. The van der Waals surface area contributed by atoms with Crippen LogP contribution in [0.3, 0.4) is 0 Å². The van der Waals surface area contributed by atoms with Crippen LogP contribution in [0.4, 0.5) is 0 Å². The molecule has 2 unspecified atom stereocenters. The maximum atomic E-state index is 3.67. The van der Waals surface area contributed by atoms with Crippen LogP contribution in [-0.2, 0) is 0 Å². The van der Waals surface area contributed by atoms with Crippen LogP contribution < -0.4 is 5.32 Å². The van der Waals surface area contributed by atoms with Gasteiger partial charge in [-0.2, -0.15) is 0 Å². The molecule has 1 heteroatoms. The topological polar surface area (TPSA) is 12.0 Å². The fourth-order valence-corrected chi connectivity index (χ4v) is 2.52. The summed E-state index contributed by atoms with van der Waals surface area (Å²) in [5, 5.41) is 3.67. The van der Waals surface area contributed by atoms with Crippen molar-refractivity contribution in [1.29, 1.82) is 0 Å². The van der Waals surface area contributed by atoms with E-state index in [1.165, 1.54) is 51.5 Å². The van der Waals surface area contributed by atoms with Crippen LogP contribution in [0.5, 0.6) is 0 Å². The summed E-state index contributed by atoms with van der Waals surface area (Å²) in [6.45, 7) is 3.62. The summed E-state index contributed by atoms with van der Waals surface area (Å²) in [5.74, 6) is 2.01. The standard InChI is InChI=1S/C12H23N/c1-10-5-7-12(13-9-10)8-6-11-3-2-4-11/h10-13H,2-9H2,1H3. The van der Waals surface area contributed by atoms with Gasteiger partial charge in [0.2, 0.25) is 0 Å². The molecule has 13 heavy (non-hydrogen) atoms. The second-order valence-electron chi connectivity index (χ2n) is 5.16. The van der Waals surface area contributed by atoms with E-state index in [0.717, 1.165) is 17.9 Å². The molecule has 1 saturated carbocycles. The number of hydrogen-bond donors (Lipinski definition) is 1. The molecule has 2 rings (SSSR count). The maximum absolute atomic E-state index is 3.67. The second-order valence-corrected chi connectivity index (χ2v) is 5.16. The highest BCUT2D eigenvalue weighted by Crippen LogP contribution is 2.31. The van der Waals surface area contributed by atoms with E-state index in [9.17, 15) is 0 Å². The molecule has 0 radical (unpaired) electrons. The van der Waals surface area contributed by atoms with Crippen LogP contribution >= 0.6 is 0 Å². The van der Waals surface area contributed by atoms with Crippen LogP contribution in [0, 0.1) is 11.8 Å². The maximum Gasteiger partial charge on any atom is 0.00673 e. The molecular weight excluding hydrogens is 158 g/mol. The molecule has 0 bridgehead atoms. The van der Waals surface area contributed by atoms with Gasteiger partial charge in [-0.05, 0) is 44.1 Å². The Balaban J connectivity index is 1.59. The van der Waals surface area contributed by atoms with E-state index in [1.54, 1.807) is 0 Å². The Hall–Kier alpha value is -0.0400. The normalized spacial score (nSPS) is 35.8. The van der Waals surface area contributed by atoms with E-state index in [1.807, 2.05) is 0 Å². The zero-order valence-corrected chi connectivity index (χ0v) is 8.89. The average molecular weight is 181 g/mol. The number of nitrogens with one attached hydrogen (secondary N) is 1. The van der Waals surface area contributed by atoms with Gasteiger partial charge in [-0.25, -0.2) is 0 Å². The Kier molecular flexibility index (Phi) is 3.26. The van der Waals surface area contributed by atoms with E-state index in [-0.39, 0.29) is 0 Å². The van der Waals surface area contributed by atoms with Crippen LogP contribution in [0.25, 0.3) is 0 Å². The average Bonchev–Trinajstić information content (AvgIpc) is 2.05. The van der Waals surface area contributed by atoms with E-state index in [4.69, 9.17) is 0 Å². The van der Waals surface area contributed by atoms with Crippen molar-refractivity contribution in [3.63, 3.8) is 0 Å². The first-order chi connectivity index (χ1) is 6.34. The minimum Gasteiger partial charge on any atom is -0.314 e. The molecule has 0 spiro atoms. The molecule has 1 heterocycles. The highest BCUT2D eigenvalue weighted by Gasteiger charge is 2.21. The molecule has 0 aromatic rings. The van der Waals surface area contributed by atoms with Gasteiger partial charge in [-0.3, -0.25) is 0 Å². The third-order valence-corrected chi connectivity index (χ3v) is 3.91. The Morgan fingerprint density at radius 3 is 2.46 bits per heavy atom. The van der Waals surface area contributed by atoms with Gasteiger partial charge in [-0.15, -0.1) is 0 Å². The zero-order chi connectivity index (χ0) is 9.10. The lowest BCUT2D eigenvalue weighted by Crippen LogP contribution is -2.38. The van der Waals surface area contributed by atoms with Gasteiger partial charge in [0.1, 0.15) is 0 Å². The third kappa shape index (κ3) is 2.70. The second kappa shape index (κ2) is 4.45. The summed E-state index contributed by atoms with van der Waals surface area (Å²) >= 11 is 0. The quantitative estimate of drug-likeness (QED) is 0.706. The van der Waals surface area contributed by atoms with Gasteiger partial charge in [0.05, 0.1) is 0 Å². The summed E-state index contributed by atoms with van der Waals surface area (Å²) in [6, 6.07) is 0.858. The molecular formula is C12H23N. The Morgan fingerprint density at radius 1 is 1.08 bits per heavy atom. The molecule has 0 aromatic heterocycles. The van der Waals surface area contributed by atoms with Crippen LogP contribution in [0.1, 0.15) is 51.9 Å². The van der Waals surface area contributed by atoms with Gasteiger partial charge in [0.25, 0.3) is 0 Å². The Morgan fingerprint density at radius 2 is 1.92 bits per heavy atom. The molecule has 0 amide bonds. The van der Waals surface area contributed by atoms with E-state index >= 15 is 0 Å². The van der Waals surface area contributed by atoms with E-state index in [2.05, 4.69) is 12.2 Å². The van der Waals surface area contributed by atoms with Crippen molar-refractivity contribution in [3.05, 3.63) is 0 Å². The van der Waals surface area contributed by atoms with Gasteiger partial charge in [-0.1, -0.05) is 26.2 Å². The van der Waals surface area contributed by atoms with Crippen molar-refractivity contribution in [1.82, 2.24) is 5.32 Å². The first kappa shape index (κ1) is 9.51. The molecule has 1 saturated heterocycles. The van der Waals surface area contributed by atoms with Crippen molar-refractivity contribution < 1.29 is 0 Å². The van der Waals surface area contributed by atoms with Crippen molar-refractivity contribution in [3.8, 4) is 0 Å². The lowest BCUT2D eigenvalue weighted by atomic mass is 9.80. The predicted molar refractivity (Wildman–Crippen MR) is 56.8 cm³/mol. The predicted octanol–water partition coefficient (Wildman–Crippen LogP) is 2.95. The van der Waals surface area contributed by atoms with Crippen LogP contribution in [-0.4, -0.2) is 12.6 Å².